The Balaban J connectivity index is 1.28. The monoisotopic (exact) mass is 426 g/mol. The number of H-pyrrole nitrogens is 3. The molecule has 2 aliphatic heterocycles. The number of piperidine rings is 1. The summed E-state index contributed by atoms with van der Waals surface area (Å²) < 4.78 is 6.14. The molecule has 0 bridgehead atoms. The smallest absolute Gasteiger partial charge is 0.325 e. The first-order valence-corrected chi connectivity index (χ1v) is 10.8. The van der Waals surface area contributed by atoms with E-state index >= 15 is 0 Å². The van der Waals surface area contributed by atoms with Crippen molar-refractivity contribution < 1.29 is 4.74 Å². The Hall–Kier alpha value is -3.05. The lowest BCUT2D eigenvalue weighted by molar-refractivity contribution is 0.0467. The highest BCUT2D eigenvalue weighted by molar-refractivity contribution is 5.86. The molecule has 1 unspecified atom stereocenters. The van der Waals surface area contributed by atoms with Gasteiger partial charge in [0.1, 0.15) is 17.7 Å². The maximum Gasteiger partial charge on any atom is 0.325 e. The molecule has 11 nitrogen and oxygen atoms in total. The van der Waals surface area contributed by atoms with Crippen LogP contribution in [0.1, 0.15) is 25.7 Å². The van der Waals surface area contributed by atoms with Gasteiger partial charge in [0.25, 0.3) is 5.56 Å². The molecule has 3 N–H and O–H groups in total. The molecule has 0 saturated carbocycles. The Morgan fingerprint density at radius 2 is 1.97 bits per heavy atom. The summed E-state index contributed by atoms with van der Waals surface area (Å²) in [4.78, 5) is 49.0. The zero-order chi connectivity index (χ0) is 21.2. The summed E-state index contributed by atoms with van der Waals surface area (Å²) in [5.41, 5.74) is 0.301. The van der Waals surface area contributed by atoms with E-state index in [1.165, 1.54) is 44.9 Å². The average molecular weight is 426 g/mol. The number of ether oxygens (including phenoxy) is 1. The van der Waals surface area contributed by atoms with E-state index in [4.69, 9.17) is 4.74 Å². The Labute approximate surface area is 177 Å². The van der Waals surface area contributed by atoms with E-state index < -0.39 is 11.2 Å². The van der Waals surface area contributed by atoms with Gasteiger partial charge in [-0.3, -0.25) is 9.78 Å². The molecular weight excluding hydrogens is 400 g/mol. The molecule has 0 radical (unpaired) electrons. The van der Waals surface area contributed by atoms with Crippen LogP contribution in [0.3, 0.4) is 0 Å². The van der Waals surface area contributed by atoms with E-state index in [0.29, 0.717) is 17.0 Å². The Kier molecular flexibility index (Phi) is 5.51. The maximum absolute atomic E-state index is 12.1. The van der Waals surface area contributed by atoms with Gasteiger partial charge >= 0.3 is 5.69 Å². The number of imidazole rings is 1. The number of hydrogen-bond acceptors (Lipinski definition) is 8. The summed E-state index contributed by atoms with van der Waals surface area (Å²) in [6, 6.07) is 0. The topological polar surface area (TPSA) is 136 Å². The molecule has 164 valence electrons. The van der Waals surface area contributed by atoms with E-state index in [9.17, 15) is 9.59 Å². The number of aromatic amines is 3. The fourth-order valence-electron chi connectivity index (χ4n) is 4.36. The quantitative estimate of drug-likeness (QED) is 0.518. The van der Waals surface area contributed by atoms with Gasteiger partial charge in [0.05, 0.1) is 18.3 Å². The van der Waals surface area contributed by atoms with Crippen molar-refractivity contribution in [2.45, 2.75) is 31.8 Å². The molecule has 2 saturated heterocycles. The summed E-state index contributed by atoms with van der Waals surface area (Å²) in [5, 5.41) is 0. The third-order valence-corrected chi connectivity index (χ3v) is 6.00. The van der Waals surface area contributed by atoms with Gasteiger partial charge in [-0.2, -0.15) is 0 Å². The van der Waals surface area contributed by atoms with Crippen LogP contribution in [-0.2, 0) is 4.74 Å². The number of aromatic nitrogens is 6. The number of fused-ring (bicyclic) bond motifs is 1. The predicted molar refractivity (Wildman–Crippen MR) is 115 cm³/mol. The molecule has 31 heavy (non-hydrogen) atoms. The largest absolute Gasteiger partial charge is 0.375 e. The van der Waals surface area contributed by atoms with Crippen molar-refractivity contribution in [2.24, 2.45) is 0 Å². The summed E-state index contributed by atoms with van der Waals surface area (Å²) in [6.07, 6.45) is 7.84. The summed E-state index contributed by atoms with van der Waals surface area (Å²) >= 11 is 0. The first-order chi connectivity index (χ1) is 15.2. The number of nitrogens with zero attached hydrogens (tertiary/aromatic N) is 5. The molecule has 5 heterocycles. The lowest BCUT2D eigenvalue weighted by atomic mass is 10.1. The molecule has 5 rings (SSSR count). The van der Waals surface area contributed by atoms with Crippen LogP contribution in [0, 0.1) is 0 Å². The SMILES string of the molecule is O=c1[nH]cc(-c2nc3ncnc(N4CCC(OCCN5CCCCC5)C4)c3[nH]2)c(=O)[nH]1. The molecule has 1 atom stereocenters. The van der Waals surface area contributed by atoms with Gasteiger partial charge in [0.15, 0.2) is 11.5 Å². The number of hydrogen-bond donors (Lipinski definition) is 3. The number of nitrogens with one attached hydrogen (secondary N) is 3. The van der Waals surface area contributed by atoms with Gasteiger partial charge in [-0.1, -0.05) is 6.42 Å². The van der Waals surface area contributed by atoms with Crippen molar-refractivity contribution in [2.75, 3.05) is 44.2 Å². The third-order valence-electron chi connectivity index (χ3n) is 6.00. The summed E-state index contributed by atoms with van der Waals surface area (Å²) in [6.45, 7) is 5.68. The zero-order valence-corrected chi connectivity index (χ0v) is 17.3. The maximum atomic E-state index is 12.1. The van der Waals surface area contributed by atoms with Crippen molar-refractivity contribution in [3.05, 3.63) is 33.4 Å². The first kappa shape index (κ1) is 19.9. The molecule has 0 amide bonds. The zero-order valence-electron chi connectivity index (χ0n) is 17.3. The normalized spacial score (nSPS) is 20.0. The second kappa shape index (κ2) is 8.60. The highest BCUT2D eigenvalue weighted by Crippen LogP contribution is 2.27. The summed E-state index contributed by atoms with van der Waals surface area (Å²) in [5.74, 6) is 1.08. The van der Waals surface area contributed by atoms with Crippen molar-refractivity contribution in [1.82, 2.24) is 34.8 Å². The third kappa shape index (κ3) is 4.23. The van der Waals surface area contributed by atoms with Crippen LogP contribution in [0.25, 0.3) is 22.6 Å². The van der Waals surface area contributed by atoms with Crippen molar-refractivity contribution >= 4 is 17.0 Å². The van der Waals surface area contributed by atoms with E-state index in [0.717, 1.165) is 38.5 Å². The van der Waals surface area contributed by atoms with E-state index in [1.807, 2.05) is 0 Å². The molecule has 0 spiro atoms. The highest BCUT2D eigenvalue weighted by atomic mass is 16.5. The Morgan fingerprint density at radius 3 is 2.81 bits per heavy atom. The second-order valence-corrected chi connectivity index (χ2v) is 8.10. The van der Waals surface area contributed by atoms with Gasteiger partial charge in [-0.15, -0.1) is 0 Å². The van der Waals surface area contributed by atoms with E-state index in [-0.39, 0.29) is 11.7 Å². The number of rotatable bonds is 6. The molecule has 0 aliphatic carbocycles. The van der Waals surface area contributed by atoms with Gasteiger partial charge in [0, 0.05) is 25.8 Å². The van der Waals surface area contributed by atoms with Gasteiger partial charge < -0.3 is 24.5 Å². The average Bonchev–Trinajstić information content (AvgIpc) is 3.41. The lowest BCUT2D eigenvalue weighted by Crippen LogP contribution is -2.34. The van der Waals surface area contributed by atoms with E-state index in [2.05, 4.69) is 39.7 Å². The van der Waals surface area contributed by atoms with E-state index in [1.54, 1.807) is 0 Å². The van der Waals surface area contributed by atoms with Crippen LogP contribution in [0.15, 0.2) is 22.1 Å². The minimum absolute atomic E-state index is 0.166. The predicted octanol–water partition coefficient (Wildman–Crippen LogP) is 0.478. The molecular formula is C20H26N8O3. The highest BCUT2D eigenvalue weighted by Gasteiger charge is 2.27. The van der Waals surface area contributed by atoms with Crippen LogP contribution in [0.4, 0.5) is 5.82 Å². The molecule has 2 aliphatic rings. The fraction of sp³-hybridized carbons (Fsp3) is 0.550. The Morgan fingerprint density at radius 1 is 1.10 bits per heavy atom. The van der Waals surface area contributed by atoms with Gasteiger partial charge in [-0.25, -0.2) is 19.7 Å². The van der Waals surface area contributed by atoms with Crippen molar-refractivity contribution in [1.29, 1.82) is 0 Å². The van der Waals surface area contributed by atoms with Crippen LogP contribution < -0.4 is 16.1 Å². The van der Waals surface area contributed by atoms with Crippen LogP contribution in [0.5, 0.6) is 0 Å². The Bertz CT molecular complexity index is 1160. The molecule has 11 heteroatoms. The molecule has 0 aromatic carbocycles. The lowest BCUT2D eigenvalue weighted by Gasteiger charge is -2.26. The fourth-order valence-corrected chi connectivity index (χ4v) is 4.36. The van der Waals surface area contributed by atoms with Crippen LogP contribution in [-0.4, -0.2) is 80.2 Å². The van der Waals surface area contributed by atoms with Gasteiger partial charge in [-0.05, 0) is 32.4 Å². The van der Waals surface area contributed by atoms with Crippen molar-refractivity contribution in [3.8, 4) is 11.4 Å². The molecule has 3 aromatic heterocycles. The summed E-state index contributed by atoms with van der Waals surface area (Å²) in [7, 11) is 0. The second-order valence-electron chi connectivity index (χ2n) is 8.10. The number of likely N-dealkylation sites (tertiary alicyclic amines) is 1. The molecule has 2 fully saturated rings. The molecule has 3 aromatic rings. The first-order valence-electron chi connectivity index (χ1n) is 10.8. The minimum atomic E-state index is -0.561. The number of anilines is 1. The van der Waals surface area contributed by atoms with Crippen molar-refractivity contribution in [3.63, 3.8) is 0 Å². The van der Waals surface area contributed by atoms with Crippen LogP contribution in [0.2, 0.25) is 0 Å². The minimum Gasteiger partial charge on any atom is -0.375 e. The standard InChI is InChI=1S/C20H26N8O3/c29-19-14(10-21-20(30)26-19)16-24-15-17(25-16)22-12-23-18(15)28-7-4-13(11-28)31-9-8-27-5-2-1-3-6-27/h10,12-13H,1-9,11H2,(H2,21,26,29,30)(H,22,23,24,25). The van der Waals surface area contributed by atoms with Crippen LogP contribution >= 0.6 is 0 Å². The van der Waals surface area contributed by atoms with Gasteiger partial charge in [0.2, 0.25) is 0 Å².